The normalized spacial score (nSPS) is 14.1. The lowest BCUT2D eigenvalue weighted by Gasteiger charge is -2.32. The molecule has 11 aromatic carbocycles. The maximum Gasteiger partial charge on any atom is 0.143 e. The van der Waals surface area contributed by atoms with Crippen LogP contribution in [0, 0.1) is 0 Å². The number of nitrogens with zero attached hydrogens (tertiary/aromatic N) is 1. The van der Waals surface area contributed by atoms with Crippen LogP contribution in [0.3, 0.4) is 0 Å². The van der Waals surface area contributed by atoms with E-state index in [1.807, 2.05) is 0 Å². The van der Waals surface area contributed by atoms with Crippen molar-refractivity contribution in [2.75, 3.05) is 4.90 Å². The number of para-hydroxylation sites is 1. The zero-order valence-electron chi connectivity index (χ0n) is 38.9. The van der Waals surface area contributed by atoms with Crippen molar-refractivity contribution in [3.05, 3.63) is 270 Å². The van der Waals surface area contributed by atoms with Crippen LogP contribution in [0.5, 0.6) is 0 Å². The van der Waals surface area contributed by atoms with Gasteiger partial charge in [-0.3, -0.25) is 0 Å². The van der Waals surface area contributed by atoms with Gasteiger partial charge in [-0.25, -0.2) is 0 Å². The van der Waals surface area contributed by atoms with Crippen LogP contribution in [-0.2, 0) is 10.8 Å². The number of rotatable bonds is 5. The maximum atomic E-state index is 6.81. The zero-order valence-corrected chi connectivity index (χ0v) is 38.9. The van der Waals surface area contributed by atoms with Crippen LogP contribution < -0.4 is 4.90 Å². The Balaban J connectivity index is 0.978. The van der Waals surface area contributed by atoms with E-state index in [4.69, 9.17) is 4.42 Å². The Labute approximate surface area is 407 Å². The van der Waals surface area contributed by atoms with Gasteiger partial charge in [0.15, 0.2) is 0 Å². The minimum atomic E-state index is -0.463. The first kappa shape index (κ1) is 39.3. The van der Waals surface area contributed by atoms with E-state index in [0.717, 1.165) is 50.0 Å². The molecule has 3 aliphatic carbocycles. The molecule has 1 aromatic heterocycles. The van der Waals surface area contributed by atoms with Crippen molar-refractivity contribution in [1.29, 1.82) is 0 Å². The quantitative estimate of drug-likeness (QED) is 0.171. The molecule has 0 saturated heterocycles. The Morgan fingerprint density at radius 2 is 0.771 bits per heavy atom. The minimum Gasteiger partial charge on any atom is -0.455 e. The molecule has 328 valence electrons. The SMILES string of the molecule is CC1(C)c2ccccc2-c2ccc(N(c3ccc(-c4c(-c5ccccc5)c5ccccc5c5oc6ccccc6c45)cc3)c3ccc4c(c3)C3(c5ccccc5-c5ccccc53)c3ccccc3-4)cc21. The summed E-state index contributed by atoms with van der Waals surface area (Å²) < 4.78 is 6.81. The summed E-state index contributed by atoms with van der Waals surface area (Å²) in [5.41, 5.74) is 25.1. The summed E-state index contributed by atoms with van der Waals surface area (Å²) in [5.74, 6) is 0. The Morgan fingerprint density at radius 1 is 0.329 bits per heavy atom. The summed E-state index contributed by atoms with van der Waals surface area (Å²) in [5, 5.41) is 4.54. The van der Waals surface area contributed by atoms with Crippen LogP contribution in [0.25, 0.3) is 88.3 Å². The smallest absolute Gasteiger partial charge is 0.143 e. The van der Waals surface area contributed by atoms with Gasteiger partial charge in [-0.1, -0.05) is 208 Å². The van der Waals surface area contributed by atoms with E-state index in [1.54, 1.807) is 0 Å². The van der Waals surface area contributed by atoms with E-state index in [9.17, 15) is 0 Å². The van der Waals surface area contributed by atoms with Crippen molar-refractivity contribution in [2.24, 2.45) is 0 Å². The summed E-state index contributed by atoms with van der Waals surface area (Å²) in [6, 6.07) is 88.0. The van der Waals surface area contributed by atoms with Gasteiger partial charge in [0, 0.05) is 44.2 Å². The van der Waals surface area contributed by atoms with Gasteiger partial charge < -0.3 is 9.32 Å². The van der Waals surface area contributed by atoms with E-state index in [-0.39, 0.29) is 5.41 Å². The number of furan rings is 1. The molecule has 15 rings (SSSR count). The van der Waals surface area contributed by atoms with Gasteiger partial charge in [-0.05, 0) is 131 Å². The van der Waals surface area contributed by atoms with E-state index < -0.39 is 5.41 Å². The molecular weight excluding hydrogens is 847 g/mol. The molecule has 0 unspecified atom stereocenters. The molecule has 1 spiro atoms. The average Bonchev–Trinajstić information content (AvgIpc) is 4.12. The van der Waals surface area contributed by atoms with E-state index >= 15 is 0 Å². The number of benzene rings is 11. The summed E-state index contributed by atoms with van der Waals surface area (Å²) in [4.78, 5) is 2.49. The molecule has 2 nitrogen and oxygen atoms in total. The van der Waals surface area contributed by atoms with Crippen LogP contribution in [0.2, 0.25) is 0 Å². The molecule has 1 heterocycles. The van der Waals surface area contributed by atoms with Gasteiger partial charge in [-0.2, -0.15) is 0 Å². The monoisotopic (exact) mass is 891 g/mol. The molecule has 0 fully saturated rings. The van der Waals surface area contributed by atoms with Crippen molar-refractivity contribution in [3.8, 4) is 55.6 Å². The number of fused-ring (bicyclic) bond motifs is 18. The molecule has 70 heavy (non-hydrogen) atoms. The summed E-state index contributed by atoms with van der Waals surface area (Å²) in [6.45, 7) is 4.75. The number of hydrogen-bond acceptors (Lipinski definition) is 2. The largest absolute Gasteiger partial charge is 0.455 e. The van der Waals surface area contributed by atoms with E-state index in [1.165, 1.54) is 88.8 Å². The average molecular weight is 892 g/mol. The second-order valence-electron chi connectivity index (χ2n) is 19.9. The first-order valence-electron chi connectivity index (χ1n) is 24.5. The molecule has 0 bridgehead atoms. The van der Waals surface area contributed by atoms with Crippen LogP contribution in [0.15, 0.2) is 241 Å². The number of anilines is 3. The lowest BCUT2D eigenvalue weighted by molar-refractivity contribution is 0.660. The lowest BCUT2D eigenvalue weighted by Crippen LogP contribution is -2.26. The fraction of sp³-hybridized carbons (Fsp3) is 0.0588. The molecule has 2 heteroatoms. The van der Waals surface area contributed by atoms with Gasteiger partial charge in [0.25, 0.3) is 0 Å². The Kier molecular flexibility index (Phi) is 8.08. The summed E-state index contributed by atoms with van der Waals surface area (Å²) in [6.07, 6.45) is 0. The molecule has 0 N–H and O–H groups in total. The topological polar surface area (TPSA) is 16.4 Å². The Morgan fingerprint density at radius 3 is 1.40 bits per heavy atom. The fourth-order valence-corrected chi connectivity index (χ4v) is 13.1. The second kappa shape index (κ2) is 14.4. The predicted octanol–water partition coefficient (Wildman–Crippen LogP) is 18.2. The third-order valence-electron chi connectivity index (χ3n) is 16.1. The second-order valence-corrected chi connectivity index (χ2v) is 19.9. The van der Waals surface area contributed by atoms with Gasteiger partial charge in [0.1, 0.15) is 11.2 Å². The standard InChI is InChI=1S/C68H45NO/c1-67(2)56-27-13-8-20-47(56)51-38-36-45(40-60(51)67)69(46-37-39-52-50-23-11-16-30-59(50)68(61(52)41-46)57-28-14-9-21-48(57)49-22-10-15-29-58(49)68)44-34-32-43(33-35-44)64-63(42-18-4-3-5-19-42)53-24-6-7-25-54(53)66-65(64)55-26-12-17-31-62(55)70-66/h3-41H,1-2H3. The first-order chi connectivity index (χ1) is 34.5. The number of hydrogen-bond donors (Lipinski definition) is 0. The third kappa shape index (κ3) is 5.17. The van der Waals surface area contributed by atoms with Gasteiger partial charge in [0.2, 0.25) is 0 Å². The van der Waals surface area contributed by atoms with Crippen LogP contribution in [-0.4, -0.2) is 0 Å². The zero-order chi connectivity index (χ0) is 46.3. The molecule has 0 amide bonds. The third-order valence-corrected chi connectivity index (χ3v) is 16.1. The molecule has 0 atom stereocenters. The van der Waals surface area contributed by atoms with Crippen molar-refractivity contribution in [1.82, 2.24) is 0 Å². The molecule has 0 saturated carbocycles. The van der Waals surface area contributed by atoms with Crippen LogP contribution in [0.4, 0.5) is 17.1 Å². The summed E-state index contributed by atoms with van der Waals surface area (Å²) >= 11 is 0. The highest BCUT2D eigenvalue weighted by molar-refractivity contribution is 6.26. The molecular formula is C68H45NO. The maximum absolute atomic E-state index is 6.81. The van der Waals surface area contributed by atoms with E-state index in [2.05, 4.69) is 255 Å². The highest BCUT2D eigenvalue weighted by Gasteiger charge is 2.51. The van der Waals surface area contributed by atoms with Crippen molar-refractivity contribution in [2.45, 2.75) is 24.7 Å². The van der Waals surface area contributed by atoms with E-state index in [0.29, 0.717) is 0 Å². The molecule has 3 aliphatic rings. The van der Waals surface area contributed by atoms with Gasteiger partial charge >= 0.3 is 0 Å². The predicted molar refractivity (Wildman–Crippen MR) is 291 cm³/mol. The Hall–Kier alpha value is -8.72. The Bertz CT molecular complexity index is 4090. The van der Waals surface area contributed by atoms with Crippen molar-refractivity contribution in [3.63, 3.8) is 0 Å². The highest BCUT2D eigenvalue weighted by Crippen LogP contribution is 2.63. The fourth-order valence-electron chi connectivity index (χ4n) is 13.1. The van der Waals surface area contributed by atoms with Crippen LogP contribution in [0.1, 0.15) is 47.2 Å². The lowest BCUT2D eigenvalue weighted by atomic mass is 9.70. The summed E-state index contributed by atoms with van der Waals surface area (Å²) in [7, 11) is 0. The van der Waals surface area contributed by atoms with Gasteiger partial charge in [-0.15, -0.1) is 0 Å². The molecule has 0 radical (unpaired) electrons. The highest BCUT2D eigenvalue weighted by atomic mass is 16.3. The minimum absolute atomic E-state index is 0.166. The first-order valence-corrected chi connectivity index (χ1v) is 24.5. The van der Waals surface area contributed by atoms with Crippen LogP contribution >= 0.6 is 0 Å². The van der Waals surface area contributed by atoms with Crippen molar-refractivity contribution >= 4 is 49.8 Å². The molecule has 0 aliphatic heterocycles. The van der Waals surface area contributed by atoms with Crippen molar-refractivity contribution < 1.29 is 4.42 Å². The van der Waals surface area contributed by atoms with Gasteiger partial charge in [0.05, 0.1) is 5.41 Å². The molecule has 12 aromatic rings.